The van der Waals surface area contributed by atoms with Crippen molar-refractivity contribution in [2.45, 2.75) is 47.0 Å². The van der Waals surface area contributed by atoms with Gasteiger partial charge in [0.15, 0.2) is 11.9 Å². The Bertz CT molecular complexity index is 1520. The van der Waals surface area contributed by atoms with Crippen molar-refractivity contribution in [2.24, 2.45) is 0 Å². The molecule has 5 rings (SSSR count). The van der Waals surface area contributed by atoms with Crippen molar-refractivity contribution in [3.63, 3.8) is 0 Å². The molecule has 1 aromatic heterocycles. The Morgan fingerprint density at radius 2 is 1.17 bits per heavy atom. The molecule has 0 fully saturated rings. The molecule has 1 nitrogen and oxygen atoms in total. The van der Waals surface area contributed by atoms with Gasteiger partial charge in [0.1, 0.15) is 0 Å². The maximum Gasteiger partial charge on any atom is 0.214 e. The van der Waals surface area contributed by atoms with Gasteiger partial charge in [0.05, 0.1) is 0 Å². The normalized spacial score (nSPS) is 11.7. The molecule has 0 radical (unpaired) electrons. The number of hydrogen-bond donors (Lipinski definition) is 0. The van der Waals surface area contributed by atoms with Crippen LogP contribution in [0.25, 0.3) is 38.7 Å². The summed E-state index contributed by atoms with van der Waals surface area (Å²) in [6.45, 7) is 13.6. The summed E-state index contributed by atoms with van der Waals surface area (Å²) in [5.41, 5.74) is 11.5. The maximum absolute atomic E-state index is 2.41. The molecule has 1 heteroatoms. The monoisotopic (exact) mass is 456 g/mol. The first-order valence-corrected chi connectivity index (χ1v) is 12.5. The molecule has 35 heavy (non-hydrogen) atoms. The van der Waals surface area contributed by atoms with Gasteiger partial charge < -0.3 is 0 Å². The highest BCUT2D eigenvalue weighted by molar-refractivity contribution is 5.91. The van der Waals surface area contributed by atoms with Gasteiger partial charge in [-0.1, -0.05) is 99.6 Å². The van der Waals surface area contributed by atoms with E-state index in [-0.39, 0.29) is 5.41 Å². The minimum atomic E-state index is 0.0529. The highest BCUT2D eigenvalue weighted by Crippen LogP contribution is 2.34. The number of aromatic nitrogens is 1. The van der Waals surface area contributed by atoms with Crippen LogP contribution in [0.1, 0.15) is 43.2 Å². The Hall–Kier alpha value is -3.71. The van der Waals surface area contributed by atoms with Crippen LogP contribution < -0.4 is 4.57 Å². The average Bonchev–Trinajstić information content (AvgIpc) is 2.85. The van der Waals surface area contributed by atoms with Gasteiger partial charge in [-0.15, -0.1) is 0 Å². The van der Waals surface area contributed by atoms with Gasteiger partial charge in [-0.3, -0.25) is 0 Å². The zero-order chi connectivity index (χ0) is 24.7. The van der Waals surface area contributed by atoms with Crippen LogP contribution in [0.15, 0.2) is 97.2 Å². The van der Waals surface area contributed by atoms with Crippen LogP contribution in [0.5, 0.6) is 0 Å². The molecule has 0 atom stereocenters. The molecule has 5 aromatic rings. The highest BCUT2D eigenvalue weighted by atomic mass is 15.0. The van der Waals surface area contributed by atoms with E-state index in [2.05, 4.69) is 143 Å². The summed E-state index contributed by atoms with van der Waals surface area (Å²) in [6, 6.07) is 33.1. The lowest BCUT2D eigenvalue weighted by molar-refractivity contribution is -0.602. The molecular weight excluding hydrogens is 422 g/mol. The van der Waals surface area contributed by atoms with E-state index in [4.69, 9.17) is 0 Å². The van der Waals surface area contributed by atoms with Crippen molar-refractivity contribution in [3.8, 4) is 27.9 Å². The van der Waals surface area contributed by atoms with Gasteiger partial charge in [0, 0.05) is 30.2 Å². The molecule has 174 valence electrons. The van der Waals surface area contributed by atoms with Gasteiger partial charge in [0.2, 0.25) is 5.69 Å². The first kappa shape index (κ1) is 23.1. The lowest BCUT2D eigenvalue weighted by Crippen LogP contribution is -2.36. The standard InChI is InChI=1S/C34H34N/c1-23-20-24(2)35(22-31(23)28-18-16-27(17-19-28)26-12-8-7-9-13-26)33-21-32(34(4,5)6)30-15-11-10-14-29(30)25(33)3/h7-22H,1-6H3/q+1. The number of nitrogens with zero attached hydrogens (tertiary/aromatic N) is 1. The van der Waals surface area contributed by atoms with Crippen molar-refractivity contribution in [2.75, 3.05) is 0 Å². The van der Waals surface area contributed by atoms with Crippen LogP contribution >= 0.6 is 0 Å². The van der Waals surface area contributed by atoms with Crippen molar-refractivity contribution in [1.82, 2.24) is 0 Å². The summed E-state index contributed by atoms with van der Waals surface area (Å²) in [6.07, 6.45) is 2.33. The Kier molecular flexibility index (Phi) is 5.81. The quantitative estimate of drug-likeness (QED) is 0.239. The minimum Gasteiger partial charge on any atom is -0.164 e. The number of pyridine rings is 1. The number of rotatable bonds is 3. The van der Waals surface area contributed by atoms with E-state index in [1.807, 2.05) is 0 Å². The third-order valence-corrected chi connectivity index (χ3v) is 7.15. The number of fused-ring (bicyclic) bond motifs is 1. The molecule has 0 saturated heterocycles. The topological polar surface area (TPSA) is 3.88 Å². The molecule has 1 heterocycles. The molecule has 0 aliphatic carbocycles. The molecule has 0 aliphatic heterocycles. The van der Waals surface area contributed by atoms with E-state index < -0.39 is 0 Å². The van der Waals surface area contributed by atoms with Crippen molar-refractivity contribution in [3.05, 3.63) is 120 Å². The zero-order valence-electron chi connectivity index (χ0n) is 21.7. The summed E-state index contributed by atoms with van der Waals surface area (Å²) < 4.78 is 2.38. The second-order valence-corrected chi connectivity index (χ2v) is 10.7. The predicted molar refractivity (Wildman–Crippen MR) is 149 cm³/mol. The van der Waals surface area contributed by atoms with E-state index in [1.54, 1.807) is 0 Å². The van der Waals surface area contributed by atoms with Gasteiger partial charge in [0.25, 0.3) is 0 Å². The van der Waals surface area contributed by atoms with Gasteiger partial charge in [-0.2, -0.15) is 4.57 Å². The van der Waals surface area contributed by atoms with Crippen molar-refractivity contribution < 1.29 is 4.57 Å². The van der Waals surface area contributed by atoms with E-state index in [9.17, 15) is 0 Å². The van der Waals surface area contributed by atoms with Crippen LogP contribution in [0.2, 0.25) is 0 Å². The second kappa shape index (κ2) is 8.82. The molecule has 0 spiro atoms. The van der Waals surface area contributed by atoms with Crippen LogP contribution in [0.4, 0.5) is 0 Å². The van der Waals surface area contributed by atoms with Crippen LogP contribution in [-0.4, -0.2) is 0 Å². The van der Waals surface area contributed by atoms with Crippen LogP contribution in [-0.2, 0) is 5.41 Å². The molecule has 0 unspecified atom stereocenters. The van der Waals surface area contributed by atoms with E-state index >= 15 is 0 Å². The predicted octanol–water partition coefficient (Wildman–Crippen LogP) is 8.67. The minimum absolute atomic E-state index is 0.0529. The van der Waals surface area contributed by atoms with E-state index in [0.29, 0.717) is 0 Å². The largest absolute Gasteiger partial charge is 0.214 e. The molecule has 0 bridgehead atoms. The third kappa shape index (κ3) is 4.28. The number of hydrogen-bond acceptors (Lipinski definition) is 0. The number of aryl methyl sites for hydroxylation is 3. The Labute approximate surface area is 209 Å². The van der Waals surface area contributed by atoms with Crippen molar-refractivity contribution >= 4 is 10.8 Å². The highest BCUT2D eigenvalue weighted by Gasteiger charge is 2.25. The molecule has 0 aliphatic rings. The lowest BCUT2D eigenvalue weighted by atomic mass is 9.82. The first-order chi connectivity index (χ1) is 16.7. The second-order valence-electron chi connectivity index (χ2n) is 10.7. The average molecular weight is 457 g/mol. The number of benzene rings is 4. The lowest BCUT2D eigenvalue weighted by Gasteiger charge is -2.23. The molecular formula is C34H34N+. The molecule has 0 saturated carbocycles. The van der Waals surface area contributed by atoms with E-state index in [1.165, 1.54) is 61.1 Å². The van der Waals surface area contributed by atoms with Crippen LogP contribution in [0, 0.1) is 20.8 Å². The third-order valence-electron chi connectivity index (χ3n) is 7.15. The summed E-state index contributed by atoms with van der Waals surface area (Å²) in [5.74, 6) is 0. The summed E-state index contributed by atoms with van der Waals surface area (Å²) in [7, 11) is 0. The Morgan fingerprint density at radius 1 is 0.600 bits per heavy atom. The fraction of sp³-hybridized carbons (Fsp3) is 0.206. The summed E-state index contributed by atoms with van der Waals surface area (Å²) in [5, 5.41) is 2.68. The zero-order valence-corrected chi connectivity index (χ0v) is 21.7. The smallest absolute Gasteiger partial charge is 0.164 e. The SMILES string of the molecule is Cc1cc(C)[n+](-c2cc(C(C)(C)C)c3ccccc3c2C)cc1-c1ccc(-c2ccccc2)cc1. The molecule has 0 amide bonds. The van der Waals surface area contributed by atoms with Gasteiger partial charge in [-0.25, -0.2) is 0 Å². The van der Waals surface area contributed by atoms with Crippen molar-refractivity contribution in [1.29, 1.82) is 0 Å². The molecule has 0 N–H and O–H groups in total. The fourth-order valence-electron chi connectivity index (χ4n) is 5.20. The summed E-state index contributed by atoms with van der Waals surface area (Å²) in [4.78, 5) is 0. The summed E-state index contributed by atoms with van der Waals surface area (Å²) >= 11 is 0. The Morgan fingerprint density at radius 3 is 1.83 bits per heavy atom. The van der Waals surface area contributed by atoms with Gasteiger partial charge in [-0.05, 0) is 57.9 Å². The van der Waals surface area contributed by atoms with Gasteiger partial charge >= 0.3 is 0 Å². The van der Waals surface area contributed by atoms with E-state index in [0.717, 1.165) is 0 Å². The first-order valence-electron chi connectivity index (χ1n) is 12.5. The molecule has 4 aromatic carbocycles. The van der Waals surface area contributed by atoms with Crippen LogP contribution in [0.3, 0.4) is 0 Å². The maximum atomic E-state index is 2.41. The fourth-order valence-corrected chi connectivity index (χ4v) is 5.20. The Balaban J connectivity index is 1.67.